The second-order valence-corrected chi connectivity index (χ2v) is 7.39. The Labute approximate surface area is 151 Å². The van der Waals surface area contributed by atoms with E-state index < -0.39 is 0 Å². The van der Waals surface area contributed by atoms with E-state index in [0.29, 0.717) is 5.92 Å². The zero-order valence-electron chi connectivity index (χ0n) is 14.9. The van der Waals surface area contributed by atoms with E-state index in [1.54, 1.807) is 0 Å². The Morgan fingerprint density at radius 3 is 2.40 bits per heavy atom. The fourth-order valence-electron chi connectivity index (χ4n) is 4.22. The van der Waals surface area contributed by atoms with Crippen molar-refractivity contribution in [2.45, 2.75) is 25.2 Å². The van der Waals surface area contributed by atoms with E-state index in [9.17, 15) is 0 Å². The van der Waals surface area contributed by atoms with Crippen molar-refractivity contribution in [3.8, 4) is 0 Å². The van der Waals surface area contributed by atoms with Gasteiger partial charge < -0.3 is 0 Å². The third-order valence-corrected chi connectivity index (χ3v) is 5.61. The van der Waals surface area contributed by atoms with Gasteiger partial charge in [0.2, 0.25) is 0 Å². The minimum absolute atomic E-state index is 0.597. The summed E-state index contributed by atoms with van der Waals surface area (Å²) in [7, 11) is 0. The molecule has 2 aromatic carbocycles. The number of benzene rings is 2. The van der Waals surface area contributed by atoms with Crippen LogP contribution in [-0.2, 0) is 0 Å². The van der Waals surface area contributed by atoms with Crippen molar-refractivity contribution in [3.05, 3.63) is 90.0 Å². The van der Waals surface area contributed by atoms with Gasteiger partial charge in [-0.2, -0.15) is 0 Å². The van der Waals surface area contributed by atoms with E-state index in [-0.39, 0.29) is 0 Å². The highest BCUT2D eigenvalue weighted by Crippen LogP contribution is 2.32. The standard InChI is InChI=1S/C24H27N/c1-3-9-21(10-4-1)23-14-16-25(17-15-23)19-20-8-7-13-24(18-20)22-11-5-2-6-12-22/h1-7,9-14,20,24H,8,15-19H2/t20-,24?/m1/s1. The maximum atomic E-state index is 2.64. The van der Waals surface area contributed by atoms with Crippen LogP contribution in [0.4, 0.5) is 0 Å². The summed E-state index contributed by atoms with van der Waals surface area (Å²) in [5, 5.41) is 0. The second kappa shape index (κ2) is 7.84. The fraction of sp³-hybridized carbons (Fsp3) is 0.333. The minimum atomic E-state index is 0.597. The maximum absolute atomic E-state index is 2.64. The van der Waals surface area contributed by atoms with E-state index in [1.807, 2.05) is 0 Å². The molecule has 1 aliphatic heterocycles. The molecule has 4 rings (SSSR count). The predicted molar refractivity (Wildman–Crippen MR) is 107 cm³/mol. The average Bonchev–Trinajstić information content (AvgIpc) is 2.70. The average molecular weight is 329 g/mol. The first-order valence-electron chi connectivity index (χ1n) is 9.57. The highest BCUT2D eigenvalue weighted by molar-refractivity contribution is 5.66. The molecular weight excluding hydrogens is 302 g/mol. The molecule has 2 aliphatic rings. The van der Waals surface area contributed by atoms with Crippen molar-refractivity contribution in [3.63, 3.8) is 0 Å². The fourth-order valence-corrected chi connectivity index (χ4v) is 4.22. The molecule has 0 bridgehead atoms. The number of rotatable bonds is 4. The molecule has 0 aromatic heterocycles. The highest BCUT2D eigenvalue weighted by atomic mass is 15.1. The summed E-state index contributed by atoms with van der Waals surface area (Å²) in [6.07, 6.45) is 10.9. The Bertz CT molecular complexity index is 729. The van der Waals surface area contributed by atoms with E-state index in [4.69, 9.17) is 0 Å². The van der Waals surface area contributed by atoms with E-state index in [1.165, 1.54) is 49.1 Å². The van der Waals surface area contributed by atoms with Gasteiger partial charge in [0, 0.05) is 25.6 Å². The van der Waals surface area contributed by atoms with Crippen LogP contribution < -0.4 is 0 Å². The van der Waals surface area contributed by atoms with Crippen LogP contribution in [0.15, 0.2) is 78.9 Å². The van der Waals surface area contributed by atoms with Crippen molar-refractivity contribution in [1.82, 2.24) is 4.90 Å². The predicted octanol–water partition coefficient (Wildman–Crippen LogP) is 5.53. The Morgan fingerprint density at radius 1 is 0.920 bits per heavy atom. The van der Waals surface area contributed by atoms with Crippen LogP contribution in [0.2, 0.25) is 0 Å². The van der Waals surface area contributed by atoms with Gasteiger partial charge in [0.25, 0.3) is 0 Å². The van der Waals surface area contributed by atoms with Crippen molar-refractivity contribution in [2.24, 2.45) is 5.92 Å². The zero-order chi connectivity index (χ0) is 16.9. The largest absolute Gasteiger partial charge is 0.299 e. The third kappa shape index (κ3) is 4.11. The van der Waals surface area contributed by atoms with Crippen LogP contribution in [0.1, 0.15) is 36.3 Å². The first kappa shape index (κ1) is 16.4. The Morgan fingerprint density at radius 2 is 1.68 bits per heavy atom. The first-order chi connectivity index (χ1) is 12.4. The Kier molecular flexibility index (Phi) is 5.13. The summed E-state index contributed by atoms with van der Waals surface area (Å²) < 4.78 is 0. The number of hydrogen-bond donors (Lipinski definition) is 0. The summed E-state index contributed by atoms with van der Waals surface area (Å²) in [6, 6.07) is 21.8. The van der Waals surface area contributed by atoms with E-state index in [2.05, 4.69) is 83.8 Å². The molecule has 0 radical (unpaired) electrons. The van der Waals surface area contributed by atoms with Crippen molar-refractivity contribution < 1.29 is 0 Å². The molecule has 2 atom stereocenters. The molecule has 0 N–H and O–H groups in total. The van der Waals surface area contributed by atoms with Crippen LogP contribution in [0.25, 0.3) is 5.57 Å². The molecule has 0 amide bonds. The monoisotopic (exact) mass is 329 g/mol. The van der Waals surface area contributed by atoms with Crippen molar-refractivity contribution in [2.75, 3.05) is 19.6 Å². The van der Waals surface area contributed by atoms with Crippen molar-refractivity contribution >= 4 is 5.57 Å². The van der Waals surface area contributed by atoms with Gasteiger partial charge in [0.15, 0.2) is 0 Å². The van der Waals surface area contributed by atoms with Gasteiger partial charge in [-0.15, -0.1) is 0 Å². The topological polar surface area (TPSA) is 3.24 Å². The van der Waals surface area contributed by atoms with Crippen LogP contribution in [0.5, 0.6) is 0 Å². The molecule has 128 valence electrons. The molecule has 0 saturated heterocycles. The molecule has 1 aliphatic carbocycles. The number of hydrogen-bond acceptors (Lipinski definition) is 1. The molecule has 1 heteroatoms. The third-order valence-electron chi connectivity index (χ3n) is 5.61. The molecule has 0 spiro atoms. The second-order valence-electron chi connectivity index (χ2n) is 7.39. The molecular formula is C24H27N. The lowest BCUT2D eigenvalue weighted by Crippen LogP contribution is -2.34. The molecule has 0 fully saturated rings. The lowest BCUT2D eigenvalue weighted by molar-refractivity contribution is 0.237. The zero-order valence-corrected chi connectivity index (χ0v) is 14.9. The summed E-state index contributed by atoms with van der Waals surface area (Å²) in [5.41, 5.74) is 4.38. The normalized spacial score (nSPS) is 24.1. The lowest BCUT2D eigenvalue weighted by Gasteiger charge is -2.32. The van der Waals surface area contributed by atoms with Gasteiger partial charge >= 0.3 is 0 Å². The van der Waals surface area contributed by atoms with Crippen LogP contribution in [-0.4, -0.2) is 24.5 Å². The van der Waals surface area contributed by atoms with Crippen molar-refractivity contribution in [1.29, 1.82) is 0 Å². The number of nitrogens with zero attached hydrogens (tertiary/aromatic N) is 1. The lowest BCUT2D eigenvalue weighted by atomic mass is 9.82. The van der Waals surface area contributed by atoms with Crippen LogP contribution >= 0.6 is 0 Å². The summed E-state index contributed by atoms with van der Waals surface area (Å²) in [5.74, 6) is 1.38. The SMILES string of the molecule is C1=CC(c2ccccc2)C[C@H](CN2CC=C(c3ccccc3)CC2)C1. The summed E-state index contributed by atoms with van der Waals surface area (Å²) in [6.45, 7) is 3.52. The van der Waals surface area contributed by atoms with Gasteiger partial charge in [-0.05, 0) is 41.9 Å². The van der Waals surface area contributed by atoms with Crippen LogP contribution in [0.3, 0.4) is 0 Å². The quantitative estimate of drug-likeness (QED) is 0.667. The maximum Gasteiger partial charge on any atom is 0.0169 e. The first-order valence-corrected chi connectivity index (χ1v) is 9.57. The van der Waals surface area contributed by atoms with E-state index >= 15 is 0 Å². The smallest absolute Gasteiger partial charge is 0.0169 e. The molecule has 1 nitrogen and oxygen atoms in total. The van der Waals surface area contributed by atoms with Gasteiger partial charge in [0.05, 0.1) is 0 Å². The summed E-state index contributed by atoms with van der Waals surface area (Å²) in [4.78, 5) is 2.64. The Hall–Kier alpha value is -2.12. The van der Waals surface area contributed by atoms with E-state index in [0.717, 1.165) is 12.5 Å². The summed E-state index contributed by atoms with van der Waals surface area (Å²) >= 11 is 0. The molecule has 0 saturated carbocycles. The van der Waals surface area contributed by atoms with Gasteiger partial charge in [0.1, 0.15) is 0 Å². The number of allylic oxidation sites excluding steroid dienone is 2. The van der Waals surface area contributed by atoms with Crippen LogP contribution in [0, 0.1) is 5.92 Å². The Balaban J connectivity index is 1.34. The highest BCUT2D eigenvalue weighted by Gasteiger charge is 2.22. The van der Waals surface area contributed by atoms with Gasteiger partial charge in [-0.3, -0.25) is 4.90 Å². The van der Waals surface area contributed by atoms with Gasteiger partial charge in [-0.1, -0.05) is 78.9 Å². The molecule has 2 aromatic rings. The molecule has 25 heavy (non-hydrogen) atoms. The molecule has 1 heterocycles. The van der Waals surface area contributed by atoms with Gasteiger partial charge in [-0.25, -0.2) is 0 Å². The molecule has 1 unspecified atom stereocenters. The minimum Gasteiger partial charge on any atom is -0.299 e.